The number of carbonyl (C=O) groups excluding carboxylic acids is 1. The Kier molecular flexibility index (Phi) is 1.73. The van der Waals surface area contributed by atoms with Crippen molar-refractivity contribution in [2.45, 2.75) is 12.8 Å². The van der Waals surface area contributed by atoms with Gasteiger partial charge in [-0.15, -0.1) is 0 Å². The number of hydrogen-bond donors (Lipinski definition) is 0. The van der Waals surface area contributed by atoms with Crippen molar-refractivity contribution in [1.82, 2.24) is 4.98 Å². The highest BCUT2D eigenvalue weighted by Crippen LogP contribution is 2.30. The van der Waals surface area contributed by atoms with E-state index in [9.17, 15) is 18.0 Å². The zero-order valence-corrected chi connectivity index (χ0v) is 6.76. The van der Waals surface area contributed by atoms with Gasteiger partial charge in [0.25, 0.3) is 0 Å². The highest BCUT2D eigenvalue weighted by Gasteiger charge is 2.34. The molecule has 0 aromatic carbocycles. The monoisotopic (exact) mass is 203 g/mol. The van der Waals surface area contributed by atoms with Crippen LogP contribution in [-0.2, 0) is 17.5 Å². The number of nitrogens with zero attached hydrogens (tertiary/aromatic N) is 1. The summed E-state index contributed by atoms with van der Waals surface area (Å²) in [5.74, 6) is -0.624. The smallest absolute Gasteiger partial charge is 0.433 e. The van der Waals surface area contributed by atoms with Crippen molar-refractivity contribution in [3.63, 3.8) is 0 Å². The summed E-state index contributed by atoms with van der Waals surface area (Å²) in [7, 11) is 0. The molecule has 0 atom stereocenters. The SMILES string of the molecule is O=C1OCc2cc(C(F)(F)F)ncc21. The molecule has 0 bridgehead atoms. The van der Waals surface area contributed by atoms with E-state index in [1.165, 1.54) is 0 Å². The van der Waals surface area contributed by atoms with Gasteiger partial charge in [-0.25, -0.2) is 4.79 Å². The van der Waals surface area contributed by atoms with Crippen LogP contribution >= 0.6 is 0 Å². The largest absolute Gasteiger partial charge is 0.457 e. The molecule has 1 aliphatic heterocycles. The molecule has 0 saturated carbocycles. The number of halogens is 3. The number of ether oxygens (including phenoxy) is 1. The number of cyclic esters (lactones) is 1. The van der Waals surface area contributed by atoms with E-state index in [0.29, 0.717) is 0 Å². The lowest BCUT2D eigenvalue weighted by Crippen LogP contribution is -2.09. The number of esters is 1. The van der Waals surface area contributed by atoms with Crippen molar-refractivity contribution in [2.75, 3.05) is 0 Å². The number of aromatic nitrogens is 1. The molecule has 0 fully saturated rings. The predicted molar refractivity (Wildman–Crippen MR) is 38.4 cm³/mol. The third-order valence-corrected chi connectivity index (χ3v) is 1.86. The minimum Gasteiger partial charge on any atom is -0.457 e. The van der Waals surface area contributed by atoms with Crippen LogP contribution in [0.5, 0.6) is 0 Å². The van der Waals surface area contributed by atoms with Crippen molar-refractivity contribution in [3.05, 3.63) is 29.1 Å². The first-order chi connectivity index (χ1) is 6.48. The van der Waals surface area contributed by atoms with E-state index in [1.807, 2.05) is 0 Å². The number of rotatable bonds is 0. The third kappa shape index (κ3) is 1.32. The quantitative estimate of drug-likeness (QED) is 0.603. The Morgan fingerprint density at radius 3 is 2.79 bits per heavy atom. The van der Waals surface area contributed by atoms with E-state index in [-0.39, 0.29) is 17.7 Å². The Balaban J connectivity index is 2.47. The number of alkyl halides is 3. The molecule has 0 aliphatic carbocycles. The number of fused-ring (bicyclic) bond motifs is 1. The lowest BCUT2D eigenvalue weighted by molar-refractivity contribution is -0.141. The average Bonchev–Trinajstić information content (AvgIpc) is 2.46. The predicted octanol–water partition coefficient (Wildman–Crippen LogP) is 1.77. The summed E-state index contributed by atoms with van der Waals surface area (Å²) < 4.78 is 41.0. The van der Waals surface area contributed by atoms with Gasteiger partial charge in [-0.3, -0.25) is 4.98 Å². The van der Waals surface area contributed by atoms with E-state index < -0.39 is 17.8 Å². The maximum Gasteiger partial charge on any atom is 0.433 e. The van der Waals surface area contributed by atoms with Crippen LogP contribution in [0.3, 0.4) is 0 Å². The maximum absolute atomic E-state index is 12.2. The number of pyridine rings is 1. The standard InChI is InChI=1S/C8H4F3NO2/c9-8(10,11)6-1-4-3-14-7(13)5(4)2-12-6/h1-2H,3H2. The molecule has 0 unspecified atom stereocenters. The molecule has 0 radical (unpaired) electrons. The zero-order chi connectivity index (χ0) is 10.3. The van der Waals surface area contributed by atoms with Crippen molar-refractivity contribution < 1.29 is 22.7 Å². The highest BCUT2D eigenvalue weighted by molar-refractivity contribution is 5.92. The first-order valence-corrected chi connectivity index (χ1v) is 3.72. The lowest BCUT2D eigenvalue weighted by atomic mass is 10.1. The van der Waals surface area contributed by atoms with E-state index in [4.69, 9.17) is 0 Å². The average molecular weight is 203 g/mol. The molecule has 14 heavy (non-hydrogen) atoms. The van der Waals surface area contributed by atoms with Gasteiger partial charge in [0.2, 0.25) is 0 Å². The number of hydrogen-bond acceptors (Lipinski definition) is 3. The second kappa shape index (κ2) is 2.70. The fraction of sp³-hybridized carbons (Fsp3) is 0.250. The maximum atomic E-state index is 12.2. The Morgan fingerprint density at radius 1 is 1.43 bits per heavy atom. The third-order valence-electron chi connectivity index (χ3n) is 1.86. The van der Waals surface area contributed by atoms with Gasteiger partial charge in [0.05, 0.1) is 5.56 Å². The van der Waals surface area contributed by atoms with E-state index >= 15 is 0 Å². The van der Waals surface area contributed by atoms with Crippen LogP contribution in [0.2, 0.25) is 0 Å². The van der Waals surface area contributed by atoms with Crippen LogP contribution in [0.1, 0.15) is 21.6 Å². The van der Waals surface area contributed by atoms with E-state index in [1.54, 1.807) is 0 Å². The summed E-state index contributed by atoms with van der Waals surface area (Å²) in [5.41, 5.74) is -0.662. The molecule has 0 saturated heterocycles. The van der Waals surface area contributed by atoms with Gasteiger partial charge in [0, 0.05) is 11.8 Å². The Morgan fingerprint density at radius 2 is 2.14 bits per heavy atom. The molecule has 6 heteroatoms. The van der Waals surface area contributed by atoms with Crippen molar-refractivity contribution in [3.8, 4) is 0 Å². The molecule has 0 spiro atoms. The first-order valence-electron chi connectivity index (χ1n) is 3.72. The fourth-order valence-electron chi connectivity index (χ4n) is 1.18. The van der Waals surface area contributed by atoms with Crippen LogP contribution < -0.4 is 0 Å². The molecule has 0 N–H and O–H groups in total. The second-order valence-corrected chi connectivity index (χ2v) is 2.80. The molecule has 0 amide bonds. The molecule has 1 aromatic heterocycles. The summed E-state index contributed by atoms with van der Waals surface area (Å²) in [6.07, 6.45) is -3.59. The van der Waals surface area contributed by atoms with Gasteiger partial charge in [-0.05, 0) is 6.07 Å². The Hall–Kier alpha value is -1.59. The van der Waals surface area contributed by atoms with Gasteiger partial charge in [-0.2, -0.15) is 13.2 Å². The fourth-order valence-corrected chi connectivity index (χ4v) is 1.18. The minimum absolute atomic E-state index is 0.109. The molecular weight excluding hydrogens is 199 g/mol. The van der Waals surface area contributed by atoms with Crippen LogP contribution in [0.15, 0.2) is 12.3 Å². The molecule has 2 heterocycles. The number of carbonyl (C=O) groups is 1. The molecule has 74 valence electrons. The lowest BCUT2D eigenvalue weighted by Gasteiger charge is -2.05. The summed E-state index contributed by atoms with van der Waals surface area (Å²) in [5, 5.41) is 0. The Bertz CT molecular complexity index is 400. The van der Waals surface area contributed by atoms with Crippen LogP contribution in [-0.4, -0.2) is 11.0 Å². The summed E-state index contributed by atoms with van der Waals surface area (Å²) in [6.45, 7) is -0.111. The molecule has 1 aromatic rings. The molecule has 1 aliphatic rings. The van der Waals surface area contributed by atoms with Crippen molar-refractivity contribution in [1.29, 1.82) is 0 Å². The topological polar surface area (TPSA) is 39.2 Å². The summed E-state index contributed by atoms with van der Waals surface area (Å²) >= 11 is 0. The second-order valence-electron chi connectivity index (χ2n) is 2.80. The molecule has 3 nitrogen and oxygen atoms in total. The van der Waals surface area contributed by atoms with Gasteiger partial charge < -0.3 is 4.74 Å². The summed E-state index contributed by atoms with van der Waals surface area (Å²) in [6, 6.07) is 0.834. The van der Waals surface area contributed by atoms with Crippen molar-refractivity contribution in [2.24, 2.45) is 0 Å². The molecule has 2 rings (SSSR count). The van der Waals surface area contributed by atoms with Crippen LogP contribution in [0.25, 0.3) is 0 Å². The van der Waals surface area contributed by atoms with Gasteiger partial charge in [-0.1, -0.05) is 0 Å². The minimum atomic E-state index is -4.49. The normalized spacial score (nSPS) is 15.2. The van der Waals surface area contributed by atoms with Gasteiger partial charge in [0.1, 0.15) is 12.3 Å². The van der Waals surface area contributed by atoms with E-state index in [0.717, 1.165) is 12.3 Å². The zero-order valence-electron chi connectivity index (χ0n) is 6.76. The van der Waals surface area contributed by atoms with E-state index in [2.05, 4.69) is 9.72 Å². The first kappa shape index (κ1) is 8.98. The Labute approximate surface area is 76.5 Å². The van der Waals surface area contributed by atoms with Crippen LogP contribution in [0, 0.1) is 0 Å². The van der Waals surface area contributed by atoms with Crippen molar-refractivity contribution >= 4 is 5.97 Å². The summed E-state index contributed by atoms with van der Waals surface area (Å²) in [4.78, 5) is 14.0. The van der Waals surface area contributed by atoms with Crippen LogP contribution in [0.4, 0.5) is 13.2 Å². The highest BCUT2D eigenvalue weighted by atomic mass is 19.4. The van der Waals surface area contributed by atoms with Gasteiger partial charge in [0.15, 0.2) is 0 Å². The molecular formula is C8H4F3NO2. The van der Waals surface area contributed by atoms with Gasteiger partial charge >= 0.3 is 12.1 Å².